The lowest BCUT2D eigenvalue weighted by atomic mass is 9.75. The summed E-state index contributed by atoms with van der Waals surface area (Å²) < 4.78 is 10.1. The minimum Gasteiger partial charge on any atom is -0.468 e. The molecule has 1 saturated carbocycles. The van der Waals surface area contributed by atoms with Crippen LogP contribution in [0.25, 0.3) is 5.57 Å². The van der Waals surface area contributed by atoms with Crippen LogP contribution in [0.2, 0.25) is 0 Å². The van der Waals surface area contributed by atoms with Gasteiger partial charge < -0.3 is 9.47 Å². The number of hydrogen-bond donors (Lipinski definition) is 0. The summed E-state index contributed by atoms with van der Waals surface area (Å²) >= 11 is 0. The number of methoxy groups -OCH3 is 2. The normalized spacial score (nSPS) is 24.4. The van der Waals surface area contributed by atoms with Crippen LogP contribution in [-0.2, 0) is 19.1 Å². The largest absolute Gasteiger partial charge is 0.468 e. The standard InChI is InChI=1S/C24H30O4/c1-4-5-7-12-20-19(17-10-8-6-9-11-17)14-13-18-15-24(16-21(18)20,22(25)27-2)23(26)28-3/h6,8-12,14,18,21H,4-5,7,13,15-16H2,1-3H3/b20-12-/t18-,21+/m1/s1. The third-order valence-corrected chi connectivity index (χ3v) is 6.24. The average molecular weight is 383 g/mol. The molecule has 0 heterocycles. The van der Waals surface area contributed by atoms with Crippen molar-refractivity contribution in [3.8, 4) is 0 Å². The number of hydrogen-bond acceptors (Lipinski definition) is 4. The molecular formula is C24H30O4. The molecule has 28 heavy (non-hydrogen) atoms. The second-order valence-corrected chi connectivity index (χ2v) is 7.86. The molecule has 2 atom stereocenters. The van der Waals surface area contributed by atoms with Crippen LogP contribution in [0.4, 0.5) is 0 Å². The summed E-state index contributed by atoms with van der Waals surface area (Å²) in [5.41, 5.74) is 2.51. The van der Waals surface area contributed by atoms with Gasteiger partial charge in [0, 0.05) is 0 Å². The summed E-state index contributed by atoms with van der Waals surface area (Å²) in [5, 5.41) is 0. The van der Waals surface area contributed by atoms with Crippen LogP contribution in [0.5, 0.6) is 0 Å². The number of unbranched alkanes of at least 4 members (excludes halogenated alkanes) is 2. The minimum absolute atomic E-state index is 0.162. The van der Waals surface area contributed by atoms with Gasteiger partial charge in [-0.2, -0.15) is 0 Å². The topological polar surface area (TPSA) is 52.6 Å². The summed E-state index contributed by atoms with van der Waals surface area (Å²) in [6.07, 6.45) is 9.67. The number of carbonyl (C=O) groups excluding carboxylic acids is 2. The number of esters is 2. The lowest BCUT2D eigenvalue weighted by molar-refractivity contribution is -0.169. The average Bonchev–Trinajstić information content (AvgIpc) is 3.14. The third kappa shape index (κ3) is 3.65. The van der Waals surface area contributed by atoms with Gasteiger partial charge in [-0.25, -0.2) is 0 Å². The molecule has 3 rings (SSSR count). The number of ether oxygens (including phenoxy) is 2. The highest BCUT2D eigenvalue weighted by atomic mass is 16.5. The first-order valence-corrected chi connectivity index (χ1v) is 10.2. The number of benzene rings is 1. The van der Waals surface area contributed by atoms with Gasteiger partial charge in [0.05, 0.1) is 14.2 Å². The van der Waals surface area contributed by atoms with Crippen molar-refractivity contribution in [3.05, 3.63) is 53.6 Å². The van der Waals surface area contributed by atoms with Gasteiger partial charge in [-0.1, -0.05) is 62.2 Å². The second-order valence-electron chi connectivity index (χ2n) is 7.86. The van der Waals surface area contributed by atoms with E-state index in [2.05, 4.69) is 31.2 Å². The predicted molar refractivity (Wildman–Crippen MR) is 109 cm³/mol. The van der Waals surface area contributed by atoms with Gasteiger partial charge in [0.15, 0.2) is 5.41 Å². The van der Waals surface area contributed by atoms with Gasteiger partial charge >= 0.3 is 11.9 Å². The second kappa shape index (κ2) is 8.76. The van der Waals surface area contributed by atoms with E-state index < -0.39 is 17.4 Å². The number of rotatable bonds is 6. The molecule has 0 unspecified atom stereocenters. The number of fused-ring (bicyclic) bond motifs is 1. The zero-order valence-corrected chi connectivity index (χ0v) is 17.1. The Morgan fingerprint density at radius 2 is 1.79 bits per heavy atom. The van der Waals surface area contributed by atoms with E-state index in [1.54, 1.807) is 0 Å². The SMILES string of the molecule is CCCC/C=C1/C(c2ccccc2)=CC[C@@H]2CC(C(=O)OC)(C(=O)OC)C[C@H]12. The molecule has 0 aromatic heterocycles. The minimum atomic E-state index is -1.19. The summed E-state index contributed by atoms with van der Waals surface area (Å²) in [6.45, 7) is 2.19. The summed E-state index contributed by atoms with van der Waals surface area (Å²) in [4.78, 5) is 25.3. The molecule has 0 spiro atoms. The van der Waals surface area contributed by atoms with E-state index in [1.807, 2.05) is 18.2 Å². The molecule has 1 fully saturated rings. The third-order valence-electron chi connectivity index (χ3n) is 6.24. The molecule has 4 nitrogen and oxygen atoms in total. The quantitative estimate of drug-likeness (QED) is 0.397. The zero-order valence-electron chi connectivity index (χ0n) is 17.1. The van der Waals surface area contributed by atoms with Gasteiger partial charge in [0.25, 0.3) is 0 Å². The maximum Gasteiger partial charge on any atom is 0.323 e. The Morgan fingerprint density at radius 3 is 2.39 bits per heavy atom. The summed E-state index contributed by atoms with van der Waals surface area (Å²) in [6, 6.07) is 10.4. The lowest BCUT2D eigenvalue weighted by Gasteiger charge is -2.29. The summed E-state index contributed by atoms with van der Waals surface area (Å²) in [5.74, 6) is -0.528. The van der Waals surface area contributed by atoms with Gasteiger partial charge in [-0.05, 0) is 54.2 Å². The van der Waals surface area contributed by atoms with Crippen molar-refractivity contribution in [2.24, 2.45) is 17.3 Å². The molecule has 0 N–H and O–H groups in total. The Labute approximate surface area is 167 Å². The maximum absolute atomic E-state index is 12.6. The molecule has 0 amide bonds. The fraction of sp³-hybridized carbons (Fsp3) is 0.500. The molecule has 150 valence electrons. The van der Waals surface area contributed by atoms with Crippen molar-refractivity contribution in [1.82, 2.24) is 0 Å². The van der Waals surface area contributed by atoms with Crippen molar-refractivity contribution in [1.29, 1.82) is 0 Å². The highest BCUT2D eigenvalue weighted by molar-refractivity contribution is 6.00. The molecule has 0 saturated heterocycles. The fourth-order valence-electron chi connectivity index (χ4n) is 4.85. The van der Waals surface area contributed by atoms with Crippen LogP contribution in [0.15, 0.2) is 48.1 Å². The van der Waals surface area contributed by atoms with E-state index in [-0.39, 0.29) is 11.8 Å². The van der Waals surface area contributed by atoms with E-state index in [4.69, 9.17) is 9.47 Å². The van der Waals surface area contributed by atoms with Crippen molar-refractivity contribution in [3.63, 3.8) is 0 Å². The molecule has 0 bridgehead atoms. The Kier molecular flexibility index (Phi) is 6.38. The smallest absolute Gasteiger partial charge is 0.323 e. The molecule has 0 aliphatic heterocycles. The monoisotopic (exact) mass is 382 g/mol. The molecule has 1 aromatic rings. The zero-order chi connectivity index (χ0) is 20.1. The molecule has 2 aliphatic carbocycles. The van der Waals surface area contributed by atoms with Crippen molar-refractivity contribution >= 4 is 17.5 Å². The molecule has 0 radical (unpaired) electrons. The van der Waals surface area contributed by atoms with E-state index in [0.29, 0.717) is 12.8 Å². The number of carbonyl (C=O) groups is 2. The van der Waals surface area contributed by atoms with Crippen LogP contribution < -0.4 is 0 Å². The van der Waals surface area contributed by atoms with Crippen LogP contribution in [0.1, 0.15) is 51.0 Å². The fourth-order valence-corrected chi connectivity index (χ4v) is 4.85. The number of allylic oxidation sites excluding steroid dienone is 4. The first-order valence-electron chi connectivity index (χ1n) is 10.2. The van der Waals surface area contributed by atoms with E-state index >= 15 is 0 Å². The van der Waals surface area contributed by atoms with Crippen molar-refractivity contribution in [2.45, 2.75) is 45.4 Å². The van der Waals surface area contributed by atoms with Crippen LogP contribution in [-0.4, -0.2) is 26.2 Å². The van der Waals surface area contributed by atoms with Gasteiger partial charge in [0.1, 0.15) is 0 Å². The predicted octanol–water partition coefficient (Wildman–Crippen LogP) is 4.95. The van der Waals surface area contributed by atoms with Gasteiger partial charge in [0.2, 0.25) is 0 Å². The van der Waals surface area contributed by atoms with Crippen LogP contribution in [0, 0.1) is 17.3 Å². The Hall–Kier alpha value is -2.36. The van der Waals surface area contributed by atoms with E-state index in [1.165, 1.54) is 30.9 Å². The Balaban J connectivity index is 1.99. The van der Waals surface area contributed by atoms with E-state index in [0.717, 1.165) is 25.7 Å². The van der Waals surface area contributed by atoms with Crippen molar-refractivity contribution in [2.75, 3.05) is 14.2 Å². The highest BCUT2D eigenvalue weighted by Gasteiger charge is 2.58. The molecule has 4 heteroatoms. The van der Waals surface area contributed by atoms with Crippen LogP contribution in [0.3, 0.4) is 0 Å². The summed E-state index contributed by atoms with van der Waals surface area (Å²) in [7, 11) is 2.70. The van der Waals surface area contributed by atoms with Crippen LogP contribution >= 0.6 is 0 Å². The van der Waals surface area contributed by atoms with Gasteiger partial charge in [-0.15, -0.1) is 0 Å². The Bertz CT molecular complexity index is 759. The molecule has 2 aliphatic rings. The molecular weight excluding hydrogens is 352 g/mol. The highest BCUT2D eigenvalue weighted by Crippen LogP contribution is 2.55. The van der Waals surface area contributed by atoms with E-state index in [9.17, 15) is 9.59 Å². The van der Waals surface area contributed by atoms with Gasteiger partial charge in [-0.3, -0.25) is 9.59 Å². The Morgan fingerprint density at radius 1 is 1.11 bits per heavy atom. The first kappa shape index (κ1) is 20.4. The molecule has 1 aromatic carbocycles. The first-order chi connectivity index (χ1) is 13.6. The maximum atomic E-state index is 12.6. The lowest BCUT2D eigenvalue weighted by Crippen LogP contribution is -2.39. The van der Waals surface area contributed by atoms with Crippen molar-refractivity contribution < 1.29 is 19.1 Å².